The van der Waals surface area contributed by atoms with Gasteiger partial charge in [-0.3, -0.25) is 4.79 Å². The van der Waals surface area contributed by atoms with Gasteiger partial charge in [-0.05, 0) is 6.42 Å². The number of benzene rings is 1. The Morgan fingerprint density at radius 3 is 1.54 bits per heavy atom. The second-order valence-electron chi connectivity index (χ2n) is 7.43. The number of ketones is 1. The summed E-state index contributed by atoms with van der Waals surface area (Å²) >= 11 is 0. The number of carbonyl (C=O) groups excluding carboxylic acids is 1. The number of alkyl halides is 13. The molecule has 1 unspecified atom stereocenters. The topological polar surface area (TPSA) is 74.3 Å². The van der Waals surface area contributed by atoms with Crippen LogP contribution in [0.4, 0.5) is 57.1 Å². The molecule has 37 heavy (non-hydrogen) atoms. The molecule has 0 radical (unpaired) electrons. The number of Topliss-reactive ketones (excluding diaryl/α,β-unsaturated/α-hetero) is 1. The van der Waals surface area contributed by atoms with Crippen molar-refractivity contribution in [1.82, 2.24) is 0 Å². The average Bonchev–Trinajstić information content (AvgIpc) is 2.71. The Kier molecular flexibility index (Phi) is 10.8. The molecule has 0 bridgehead atoms. The van der Waals surface area contributed by atoms with Crippen molar-refractivity contribution < 1.29 is 104 Å². The molecule has 0 saturated heterocycles. The summed E-state index contributed by atoms with van der Waals surface area (Å²) in [5, 5.41) is -2.27. The maximum atomic E-state index is 14.2. The van der Waals surface area contributed by atoms with Crippen LogP contribution in [0.25, 0.3) is 0 Å². The Morgan fingerprint density at radius 2 is 1.19 bits per heavy atom. The van der Waals surface area contributed by atoms with E-state index in [2.05, 4.69) is 0 Å². The van der Waals surface area contributed by atoms with Crippen molar-refractivity contribution in [2.75, 3.05) is 0 Å². The Labute approximate surface area is 222 Å². The van der Waals surface area contributed by atoms with Crippen LogP contribution in [0.3, 0.4) is 0 Å². The smallest absolute Gasteiger partial charge is 0.747 e. The molecule has 0 aliphatic rings. The molecule has 0 aliphatic heterocycles. The number of carbonyl (C=O) groups is 1. The van der Waals surface area contributed by atoms with Crippen LogP contribution in [0.1, 0.15) is 42.1 Å². The molecule has 0 fully saturated rings. The zero-order valence-electron chi connectivity index (χ0n) is 18.5. The van der Waals surface area contributed by atoms with E-state index in [1.165, 1.54) is 6.92 Å². The van der Waals surface area contributed by atoms with Crippen LogP contribution >= 0.6 is 0 Å². The van der Waals surface area contributed by atoms with E-state index < -0.39 is 74.5 Å². The summed E-state index contributed by atoms with van der Waals surface area (Å²) in [6.07, 6.45) is -7.80. The molecule has 0 N–H and O–H groups in total. The molecule has 19 heteroatoms. The predicted molar refractivity (Wildman–Crippen MR) is 93.5 cm³/mol. The summed E-state index contributed by atoms with van der Waals surface area (Å²) in [4.78, 5) is 12.2. The quantitative estimate of drug-likeness (QED) is 0.170. The van der Waals surface area contributed by atoms with Gasteiger partial charge in [0.05, 0.1) is 0 Å². The first kappa shape index (κ1) is 35.9. The third-order valence-electron chi connectivity index (χ3n) is 4.93. The molecule has 0 heterocycles. The summed E-state index contributed by atoms with van der Waals surface area (Å²) in [6, 6.07) is -0.337. The van der Waals surface area contributed by atoms with E-state index in [0.717, 1.165) is 0 Å². The standard InChI is InChI=1S/C18H15F13O4S.Na/c1-2-3-4-11(36(33,34)35)12(32)9-5-7-10(8-6-9)13(19,20)14(21,22)15(23,24)16(25,26)17(27,28)18(29,30)31;/h5-8,11H,2-4H2,1H3,(H,33,34,35);/q;+1/p-1. The predicted octanol–water partition coefficient (Wildman–Crippen LogP) is 3.17. The molecule has 0 saturated carbocycles. The molecule has 1 atom stereocenters. The van der Waals surface area contributed by atoms with Gasteiger partial charge in [0.2, 0.25) is 0 Å². The van der Waals surface area contributed by atoms with E-state index in [0.29, 0.717) is 0 Å². The van der Waals surface area contributed by atoms with Crippen LogP contribution < -0.4 is 29.6 Å². The first-order valence-electron chi connectivity index (χ1n) is 9.37. The molecule has 0 amide bonds. The third kappa shape index (κ3) is 6.22. The van der Waals surface area contributed by atoms with E-state index in [4.69, 9.17) is 0 Å². The van der Waals surface area contributed by atoms with Gasteiger partial charge in [-0.1, -0.05) is 44.0 Å². The Hall–Kier alpha value is -1.11. The van der Waals surface area contributed by atoms with E-state index in [1.54, 1.807) is 0 Å². The maximum absolute atomic E-state index is 14.2. The van der Waals surface area contributed by atoms with Crippen molar-refractivity contribution in [3.05, 3.63) is 35.4 Å². The third-order valence-corrected chi connectivity index (χ3v) is 6.07. The van der Waals surface area contributed by atoms with Gasteiger partial charge in [-0.25, -0.2) is 8.42 Å². The zero-order chi connectivity index (χ0) is 28.8. The molecule has 4 nitrogen and oxygen atoms in total. The first-order chi connectivity index (χ1) is 15.8. The van der Waals surface area contributed by atoms with Crippen LogP contribution in [0.15, 0.2) is 24.3 Å². The minimum Gasteiger partial charge on any atom is -0.747 e. The van der Waals surface area contributed by atoms with Crippen LogP contribution in [0.2, 0.25) is 0 Å². The molecule has 0 spiro atoms. The molecule has 0 aromatic heterocycles. The van der Waals surface area contributed by atoms with Gasteiger partial charge in [0.25, 0.3) is 0 Å². The molecule has 1 aromatic carbocycles. The summed E-state index contributed by atoms with van der Waals surface area (Å²) < 4.78 is 206. The van der Waals surface area contributed by atoms with Crippen molar-refractivity contribution in [3.63, 3.8) is 0 Å². The van der Waals surface area contributed by atoms with Gasteiger partial charge in [0.1, 0.15) is 15.4 Å². The van der Waals surface area contributed by atoms with Gasteiger partial charge in [-0.2, -0.15) is 57.1 Å². The van der Waals surface area contributed by atoms with Crippen molar-refractivity contribution in [2.24, 2.45) is 0 Å². The minimum absolute atomic E-state index is 0. The molecule has 1 rings (SSSR count). The second-order valence-corrected chi connectivity index (χ2v) is 8.99. The van der Waals surface area contributed by atoms with Gasteiger partial charge >= 0.3 is 65.3 Å². The molecule has 0 aliphatic carbocycles. The van der Waals surface area contributed by atoms with Gasteiger partial charge in [-0.15, -0.1) is 0 Å². The fourth-order valence-electron chi connectivity index (χ4n) is 2.78. The van der Waals surface area contributed by atoms with Crippen molar-refractivity contribution in [2.45, 2.75) is 67.2 Å². The molecule has 208 valence electrons. The number of rotatable bonds is 11. The monoisotopic (exact) mass is 596 g/mol. The normalized spacial score (nSPS) is 15.2. The van der Waals surface area contributed by atoms with Crippen molar-refractivity contribution in [1.29, 1.82) is 0 Å². The Balaban J connectivity index is 0.0000130. The molecule has 1 aromatic rings. The van der Waals surface area contributed by atoms with E-state index in [9.17, 15) is 74.8 Å². The van der Waals surface area contributed by atoms with E-state index in [-0.39, 0.29) is 66.7 Å². The Bertz CT molecular complexity index is 1050. The van der Waals surface area contributed by atoms with Crippen LogP contribution in [0, 0.1) is 0 Å². The number of unbranched alkanes of at least 4 members (excludes halogenated alkanes) is 1. The summed E-state index contributed by atoms with van der Waals surface area (Å²) in [5.74, 6) is -39.5. The minimum atomic E-state index is -8.06. The van der Waals surface area contributed by atoms with Gasteiger partial charge < -0.3 is 4.55 Å². The summed E-state index contributed by atoms with van der Waals surface area (Å²) in [7, 11) is -5.32. The van der Waals surface area contributed by atoms with Gasteiger partial charge in [0.15, 0.2) is 5.78 Å². The number of hydrogen-bond acceptors (Lipinski definition) is 4. The SMILES string of the molecule is CCCCC(C(=O)c1ccc(C(F)(F)C(F)(F)C(F)(F)C(F)(F)C(F)(F)C(F)(F)F)cc1)S(=O)(=O)[O-].[Na+]. The molecular formula is C18H14F13NaO4S. The second kappa shape index (κ2) is 11.2. The summed E-state index contributed by atoms with van der Waals surface area (Å²) in [5.41, 5.74) is -3.25. The fraction of sp³-hybridized carbons (Fsp3) is 0.611. The van der Waals surface area contributed by atoms with Crippen LogP contribution in [-0.4, -0.2) is 53.9 Å². The first-order valence-corrected chi connectivity index (χ1v) is 10.8. The van der Waals surface area contributed by atoms with Crippen LogP contribution in [0.5, 0.6) is 0 Å². The van der Waals surface area contributed by atoms with E-state index >= 15 is 0 Å². The van der Waals surface area contributed by atoms with Gasteiger partial charge in [0, 0.05) is 11.1 Å². The number of hydrogen-bond donors (Lipinski definition) is 0. The Morgan fingerprint density at radius 1 is 0.784 bits per heavy atom. The van der Waals surface area contributed by atoms with E-state index in [1.807, 2.05) is 0 Å². The summed E-state index contributed by atoms with van der Waals surface area (Å²) in [6.45, 7) is 1.53. The largest absolute Gasteiger partial charge is 1.00 e. The zero-order valence-corrected chi connectivity index (χ0v) is 21.3. The van der Waals surface area contributed by atoms with Crippen molar-refractivity contribution >= 4 is 15.9 Å². The van der Waals surface area contributed by atoms with Crippen LogP contribution in [-0.2, 0) is 16.0 Å². The number of halogens is 13. The average molecular weight is 596 g/mol. The molecular weight excluding hydrogens is 582 g/mol. The van der Waals surface area contributed by atoms with Crippen molar-refractivity contribution in [3.8, 4) is 0 Å². The fourth-order valence-corrected chi connectivity index (χ4v) is 3.63. The maximum Gasteiger partial charge on any atom is 1.00 e.